The van der Waals surface area contributed by atoms with Gasteiger partial charge in [-0.05, 0) is 49.4 Å². The number of hydrogen-bond donors (Lipinski definition) is 0. The molecular formula is C29H26O5. The molecule has 34 heavy (non-hydrogen) atoms. The standard InChI is InChI=1S/C23H14O4.C6H12O/c1-13-7-9-15(10-8-13)21-17-12-18-16(11-19(17)27-23(21)25)20(22(24)26-18)14-5-3-2-4-6-14;1-2-6-4-3-5-7-6/h2-12H,1H3;6H,2-5H2,1H3. The van der Waals surface area contributed by atoms with Gasteiger partial charge in [0.05, 0.1) is 17.3 Å². The summed E-state index contributed by atoms with van der Waals surface area (Å²) in [6.45, 7) is 5.16. The summed E-state index contributed by atoms with van der Waals surface area (Å²) in [4.78, 5) is 24.9. The van der Waals surface area contributed by atoms with Gasteiger partial charge in [0, 0.05) is 17.0 Å². The summed E-state index contributed by atoms with van der Waals surface area (Å²) in [5, 5.41) is 1.28. The van der Waals surface area contributed by atoms with E-state index in [1.807, 2.05) is 61.5 Å². The topological polar surface area (TPSA) is 61.8 Å². The Morgan fingerprint density at radius 2 is 1.35 bits per heavy atom. The Balaban J connectivity index is 0.000000297. The molecule has 0 amide bonds. The van der Waals surface area contributed by atoms with E-state index in [2.05, 4.69) is 6.92 Å². The zero-order valence-electron chi connectivity index (χ0n) is 19.3. The number of esters is 2. The van der Waals surface area contributed by atoms with Gasteiger partial charge in [-0.3, -0.25) is 0 Å². The minimum Gasteiger partial charge on any atom is -0.422 e. The van der Waals surface area contributed by atoms with Crippen LogP contribution < -0.4 is 19.9 Å². The Bertz CT molecular complexity index is 1360. The van der Waals surface area contributed by atoms with Crippen molar-refractivity contribution in [2.45, 2.75) is 39.2 Å². The lowest BCUT2D eigenvalue weighted by Crippen LogP contribution is -2.11. The molecule has 3 aliphatic heterocycles. The zero-order valence-corrected chi connectivity index (χ0v) is 19.3. The van der Waals surface area contributed by atoms with Crippen molar-refractivity contribution < 1.29 is 23.8 Å². The summed E-state index contributed by atoms with van der Waals surface area (Å²) in [6.07, 6.45) is 4.36. The van der Waals surface area contributed by atoms with Gasteiger partial charge in [0.15, 0.2) is 0 Å². The third-order valence-corrected chi connectivity index (χ3v) is 6.32. The highest BCUT2D eigenvalue weighted by Gasteiger charge is 2.30. The van der Waals surface area contributed by atoms with Gasteiger partial charge < -0.3 is 14.2 Å². The number of carbonyl (C=O) groups excluding carboxylic acids is 2. The summed E-state index contributed by atoms with van der Waals surface area (Å²) in [6, 6.07) is 20.4. The van der Waals surface area contributed by atoms with Gasteiger partial charge in [-0.25, -0.2) is 9.59 Å². The van der Waals surface area contributed by atoms with E-state index in [4.69, 9.17) is 14.2 Å². The van der Waals surface area contributed by atoms with Crippen molar-refractivity contribution in [3.63, 3.8) is 0 Å². The van der Waals surface area contributed by atoms with Crippen LogP contribution in [0, 0.1) is 6.92 Å². The molecule has 5 nitrogen and oxygen atoms in total. The zero-order chi connectivity index (χ0) is 23.7. The summed E-state index contributed by atoms with van der Waals surface area (Å²) in [5.41, 5.74) is 3.62. The highest BCUT2D eigenvalue weighted by Crippen LogP contribution is 2.27. The van der Waals surface area contributed by atoms with Crippen LogP contribution in [0.5, 0.6) is 11.5 Å². The number of fused-ring (bicyclic) bond motifs is 2. The summed E-state index contributed by atoms with van der Waals surface area (Å²) in [5.74, 6) is 0.0924. The molecule has 0 spiro atoms. The number of ether oxygens (including phenoxy) is 3. The molecule has 1 saturated heterocycles. The molecule has 6 rings (SSSR count). The van der Waals surface area contributed by atoms with E-state index < -0.39 is 11.9 Å². The van der Waals surface area contributed by atoms with Crippen molar-refractivity contribution in [3.05, 3.63) is 93.9 Å². The summed E-state index contributed by atoms with van der Waals surface area (Å²) in [7, 11) is 0. The Morgan fingerprint density at radius 1 is 0.794 bits per heavy atom. The van der Waals surface area contributed by atoms with E-state index >= 15 is 0 Å². The van der Waals surface area contributed by atoms with E-state index in [1.54, 1.807) is 12.1 Å². The Labute approximate surface area is 198 Å². The first-order valence-corrected chi connectivity index (χ1v) is 11.7. The maximum Gasteiger partial charge on any atom is 0.344 e. The normalized spacial score (nSPS) is 18.1. The molecule has 0 radical (unpaired) electrons. The van der Waals surface area contributed by atoms with E-state index in [1.165, 1.54) is 19.3 Å². The predicted octanol–water partition coefficient (Wildman–Crippen LogP) is 3.81. The highest BCUT2D eigenvalue weighted by molar-refractivity contribution is 6.21. The largest absolute Gasteiger partial charge is 0.422 e. The molecule has 0 aliphatic carbocycles. The van der Waals surface area contributed by atoms with Crippen molar-refractivity contribution in [2.24, 2.45) is 0 Å². The van der Waals surface area contributed by atoms with Gasteiger partial charge in [-0.15, -0.1) is 0 Å². The highest BCUT2D eigenvalue weighted by atomic mass is 16.5. The first-order valence-electron chi connectivity index (χ1n) is 11.7. The van der Waals surface area contributed by atoms with Crippen LogP contribution in [0.3, 0.4) is 0 Å². The average Bonchev–Trinajstić information content (AvgIpc) is 3.56. The molecule has 3 aliphatic rings. The number of rotatable bonds is 3. The minimum atomic E-state index is -0.400. The third-order valence-electron chi connectivity index (χ3n) is 6.32. The second kappa shape index (κ2) is 9.27. The van der Waals surface area contributed by atoms with Crippen LogP contribution in [0.1, 0.15) is 42.9 Å². The number of benzene rings is 3. The van der Waals surface area contributed by atoms with E-state index in [0.717, 1.165) is 23.3 Å². The lowest BCUT2D eigenvalue weighted by molar-refractivity contribution is -0.128. The fraction of sp³-hybridized carbons (Fsp3) is 0.241. The molecule has 5 heteroatoms. The van der Waals surface area contributed by atoms with Crippen molar-refractivity contribution in [2.75, 3.05) is 6.61 Å². The van der Waals surface area contributed by atoms with Crippen LogP contribution in [0.15, 0.2) is 66.7 Å². The molecule has 172 valence electrons. The average molecular weight is 455 g/mol. The third kappa shape index (κ3) is 4.15. The van der Waals surface area contributed by atoms with E-state index in [-0.39, 0.29) is 0 Å². The fourth-order valence-corrected chi connectivity index (χ4v) is 4.48. The molecule has 1 fully saturated rings. The monoisotopic (exact) mass is 454 g/mol. The van der Waals surface area contributed by atoms with Crippen LogP contribution in [-0.2, 0) is 14.3 Å². The molecule has 3 heterocycles. The van der Waals surface area contributed by atoms with Crippen molar-refractivity contribution in [3.8, 4) is 11.5 Å². The van der Waals surface area contributed by atoms with Gasteiger partial charge in [0.25, 0.3) is 0 Å². The molecule has 3 aromatic carbocycles. The Hall–Kier alpha value is -3.70. The van der Waals surface area contributed by atoms with Crippen LogP contribution in [0.25, 0.3) is 11.1 Å². The number of carbonyl (C=O) groups is 2. The maximum absolute atomic E-state index is 12.5. The predicted molar refractivity (Wildman–Crippen MR) is 129 cm³/mol. The van der Waals surface area contributed by atoms with Crippen LogP contribution in [0.2, 0.25) is 0 Å². The second-order valence-electron chi connectivity index (χ2n) is 8.65. The number of aryl methyl sites for hydroxylation is 1. The SMILES string of the molecule is CCC1CCCO1.Cc1ccc(C2=c3cc4c(cc3OC2=O)=C(c2ccccc2)C(=O)O4)cc1. The molecule has 1 unspecified atom stereocenters. The quantitative estimate of drug-likeness (QED) is 0.445. The van der Waals surface area contributed by atoms with Crippen LogP contribution in [-0.4, -0.2) is 24.6 Å². The molecule has 1 atom stereocenters. The molecule has 0 N–H and O–H groups in total. The molecule has 0 saturated carbocycles. The van der Waals surface area contributed by atoms with Gasteiger partial charge in [-0.1, -0.05) is 67.1 Å². The minimum absolute atomic E-state index is 0.398. The first kappa shape index (κ1) is 22.1. The summed E-state index contributed by atoms with van der Waals surface area (Å²) >= 11 is 0. The lowest BCUT2D eigenvalue weighted by Gasteiger charge is -2.01. The fourth-order valence-electron chi connectivity index (χ4n) is 4.48. The first-order chi connectivity index (χ1) is 16.5. The summed E-state index contributed by atoms with van der Waals surface area (Å²) < 4.78 is 16.3. The van der Waals surface area contributed by atoms with Gasteiger partial charge in [0.1, 0.15) is 11.5 Å². The molecule has 3 aromatic rings. The van der Waals surface area contributed by atoms with Gasteiger partial charge in [0.2, 0.25) is 0 Å². The Kier molecular flexibility index (Phi) is 6.03. The second-order valence-corrected chi connectivity index (χ2v) is 8.65. The van der Waals surface area contributed by atoms with E-state index in [0.29, 0.717) is 39.2 Å². The van der Waals surface area contributed by atoms with E-state index in [9.17, 15) is 9.59 Å². The van der Waals surface area contributed by atoms with Crippen molar-refractivity contribution in [1.29, 1.82) is 0 Å². The lowest BCUT2D eigenvalue weighted by atomic mass is 10.0. The van der Waals surface area contributed by atoms with Gasteiger partial charge >= 0.3 is 11.9 Å². The molecule has 0 bridgehead atoms. The maximum atomic E-state index is 12.5. The van der Waals surface area contributed by atoms with Gasteiger partial charge in [-0.2, -0.15) is 0 Å². The Morgan fingerprint density at radius 3 is 1.82 bits per heavy atom. The van der Waals surface area contributed by atoms with Crippen LogP contribution >= 0.6 is 0 Å². The molecule has 0 aromatic heterocycles. The van der Waals surface area contributed by atoms with Crippen LogP contribution in [0.4, 0.5) is 0 Å². The van der Waals surface area contributed by atoms with Crippen molar-refractivity contribution in [1.82, 2.24) is 0 Å². The van der Waals surface area contributed by atoms with Crippen molar-refractivity contribution >= 4 is 23.1 Å². The smallest absolute Gasteiger partial charge is 0.344 e. The number of hydrogen-bond acceptors (Lipinski definition) is 5. The molecular weight excluding hydrogens is 428 g/mol.